The number of aromatic amines is 1. The van der Waals surface area contributed by atoms with Gasteiger partial charge in [-0.25, -0.2) is 4.98 Å². The van der Waals surface area contributed by atoms with Gasteiger partial charge >= 0.3 is 0 Å². The second-order valence-electron chi connectivity index (χ2n) is 7.01. The minimum atomic E-state index is -0.0959. The third-order valence-corrected chi connectivity index (χ3v) is 5.14. The lowest BCUT2D eigenvalue weighted by Crippen LogP contribution is -2.34. The van der Waals surface area contributed by atoms with Gasteiger partial charge in [-0.2, -0.15) is 0 Å². The van der Waals surface area contributed by atoms with E-state index in [9.17, 15) is 4.79 Å². The van der Waals surface area contributed by atoms with E-state index < -0.39 is 0 Å². The van der Waals surface area contributed by atoms with Gasteiger partial charge in [0.25, 0.3) is 0 Å². The molecule has 26 heavy (non-hydrogen) atoms. The number of likely N-dealkylation sites (tertiary alicyclic amines) is 1. The molecule has 3 rings (SSSR count). The number of carbonyl (C=O) groups excluding carboxylic acids is 1. The maximum Gasteiger partial charge on any atom is 0.225 e. The Kier molecular flexibility index (Phi) is 5.61. The third kappa shape index (κ3) is 3.75. The van der Waals surface area contributed by atoms with Crippen molar-refractivity contribution in [2.75, 3.05) is 27.2 Å². The summed E-state index contributed by atoms with van der Waals surface area (Å²) in [7, 11) is 3.71. The van der Waals surface area contributed by atoms with Gasteiger partial charge in [-0.1, -0.05) is 25.1 Å². The van der Waals surface area contributed by atoms with Crippen LogP contribution in [0, 0.1) is 12.8 Å². The van der Waals surface area contributed by atoms with Gasteiger partial charge in [0.1, 0.15) is 11.6 Å². The van der Waals surface area contributed by atoms with Crippen LogP contribution in [-0.4, -0.2) is 48.0 Å². The van der Waals surface area contributed by atoms with Crippen molar-refractivity contribution >= 4 is 5.91 Å². The summed E-state index contributed by atoms with van der Waals surface area (Å²) in [6, 6.07) is 7.77. The van der Waals surface area contributed by atoms with Gasteiger partial charge in [0.2, 0.25) is 5.91 Å². The molecule has 2 heterocycles. The van der Waals surface area contributed by atoms with E-state index >= 15 is 0 Å². The van der Waals surface area contributed by atoms with Crippen molar-refractivity contribution in [2.45, 2.75) is 32.7 Å². The smallest absolute Gasteiger partial charge is 0.225 e. The monoisotopic (exact) mass is 356 g/mol. The summed E-state index contributed by atoms with van der Waals surface area (Å²) in [4.78, 5) is 23.2. The molecule has 0 aliphatic carbocycles. The van der Waals surface area contributed by atoms with Crippen molar-refractivity contribution in [3.63, 3.8) is 0 Å². The summed E-state index contributed by atoms with van der Waals surface area (Å²) in [6.45, 7) is 6.19. The first-order valence-corrected chi connectivity index (χ1v) is 9.17. The lowest BCUT2D eigenvalue weighted by Gasteiger charge is -2.18. The van der Waals surface area contributed by atoms with Crippen LogP contribution in [0.25, 0.3) is 0 Å². The van der Waals surface area contributed by atoms with Crippen molar-refractivity contribution < 1.29 is 9.53 Å². The number of rotatable bonds is 6. The number of benzene rings is 1. The summed E-state index contributed by atoms with van der Waals surface area (Å²) in [6.07, 6.45) is 0.869. The highest BCUT2D eigenvalue weighted by Crippen LogP contribution is 2.33. The van der Waals surface area contributed by atoms with E-state index in [-0.39, 0.29) is 17.7 Å². The molecule has 6 nitrogen and oxygen atoms in total. The summed E-state index contributed by atoms with van der Waals surface area (Å²) in [5.41, 5.74) is 3.09. The van der Waals surface area contributed by atoms with Crippen molar-refractivity contribution in [3.05, 3.63) is 47.0 Å². The molecule has 1 aromatic carbocycles. The maximum atomic E-state index is 12.9. The van der Waals surface area contributed by atoms with Gasteiger partial charge in [-0.15, -0.1) is 0 Å². The lowest BCUT2D eigenvalue weighted by molar-refractivity contribution is -0.125. The molecule has 1 aromatic heterocycles. The standard InChI is InChI=1S/C20H28N4O2/c1-5-18-22-13(2)19(23-18)15-11-24(3)12-16(15)20(25)21-10-14-8-6-7-9-17(14)26-4/h6-9,15-16H,5,10-12H2,1-4H3,(H,21,25)(H,22,23)/t15-,16-/m1/s1. The predicted octanol–water partition coefficient (Wildman–Crippen LogP) is 2.25. The number of aryl methyl sites for hydroxylation is 2. The van der Waals surface area contributed by atoms with Crippen molar-refractivity contribution in [2.24, 2.45) is 5.92 Å². The van der Waals surface area contributed by atoms with E-state index in [0.29, 0.717) is 6.54 Å². The first-order valence-electron chi connectivity index (χ1n) is 9.17. The highest BCUT2D eigenvalue weighted by molar-refractivity contribution is 5.80. The molecular formula is C20H28N4O2. The van der Waals surface area contributed by atoms with Crippen LogP contribution < -0.4 is 10.1 Å². The van der Waals surface area contributed by atoms with E-state index in [1.807, 2.05) is 31.2 Å². The number of H-pyrrole nitrogens is 1. The van der Waals surface area contributed by atoms with Crippen LogP contribution >= 0.6 is 0 Å². The molecule has 140 valence electrons. The fourth-order valence-corrected chi connectivity index (χ4v) is 3.77. The minimum Gasteiger partial charge on any atom is -0.496 e. The topological polar surface area (TPSA) is 70.2 Å². The number of hydrogen-bond acceptors (Lipinski definition) is 4. The molecule has 1 amide bonds. The van der Waals surface area contributed by atoms with Crippen molar-refractivity contribution in [3.8, 4) is 5.75 Å². The molecule has 2 N–H and O–H groups in total. The first kappa shape index (κ1) is 18.5. The van der Waals surface area contributed by atoms with Crippen LogP contribution in [0.4, 0.5) is 0 Å². The first-order chi connectivity index (χ1) is 12.5. The quantitative estimate of drug-likeness (QED) is 0.833. The summed E-state index contributed by atoms with van der Waals surface area (Å²) < 4.78 is 5.37. The van der Waals surface area contributed by atoms with Gasteiger partial charge in [0.05, 0.1) is 18.7 Å². The number of aromatic nitrogens is 2. The Morgan fingerprint density at radius 3 is 2.85 bits per heavy atom. The number of amides is 1. The lowest BCUT2D eigenvalue weighted by atomic mass is 9.91. The van der Waals surface area contributed by atoms with E-state index in [1.165, 1.54) is 0 Å². The van der Waals surface area contributed by atoms with Gasteiger partial charge in [-0.05, 0) is 20.0 Å². The molecule has 0 unspecified atom stereocenters. The SMILES string of the molecule is CCc1nc([C@@H]2CN(C)C[C@H]2C(=O)NCc2ccccc2OC)c(C)[nH]1. The Bertz CT molecular complexity index is 771. The number of methoxy groups -OCH3 is 1. The van der Waals surface area contributed by atoms with Gasteiger partial charge in [0.15, 0.2) is 0 Å². The van der Waals surface area contributed by atoms with Gasteiger partial charge in [-0.3, -0.25) is 4.79 Å². The molecule has 0 spiro atoms. The number of para-hydroxylation sites is 1. The second kappa shape index (κ2) is 7.91. The van der Waals surface area contributed by atoms with E-state index in [1.54, 1.807) is 7.11 Å². The molecule has 2 aromatic rings. The molecular weight excluding hydrogens is 328 g/mol. The van der Waals surface area contributed by atoms with Crippen LogP contribution in [0.1, 0.15) is 35.6 Å². The van der Waals surface area contributed by atoms with Crippen LogP contribution in [0.5, 0.6) is 5.75 Å². The second-order valence-corrected chi connectivity index (χ2v) is 7.01. The number of ether oxygens (including phenoxy) is 1. The van der Waals surface area contributed by atoms with Crippen LogP contribution in [0.2, 0.25) is 0 Å². The summed E-state index contributed by atoms with van der Waals surface area (Å²) >= 11 is 0. The zero-order chi connectivity index (χ0) is 18.7. The van der Waals surface area contributed by atoms with Crippen molar-refractivity contribution in [1.29, 1.82) is 0 Å². The third-order valence-electron chi connectivity index (χ3n) is 5.14. The number of carbonyl (C=O) groups is 1. The molecule has 0 bridgehead atoms. The predicted molar refractivity (Wildman–Crippen MR) is 101 cm³/mol. The van der Waals surface area contributed by atoms with Gasteiger partial charge in [0, 0.05) is 43.2 Å². The molecule has 1 aliphatic heterocycles. The Labute approximate surface area is 155 Å². The van der Waals surface area contributed by atoms with Crippen LogP contribution in [0.3, 0.4) is 0 Å². The maximum absolute atomic E-state index is 12.9. The fraction of sp³-hybridized carbons (Fsp3) is 0.500. The molecule has 0 radical (unpaired) electrons. The zero-order valence-corrected chi connectivity index (χ0v) is 16.0. The van der Waals surface area contributed by atoms with Crippen LogP contribution in [-0.2, 0) is 17.8 Å². The Morgan fingerprint density at radius 1 is 1.38 bits per heavy atom. The zero-order valence-electron chi connectivity index (χ0n) is 16.0. The van der Waals surface area contributed by atoms with E-state index in [4.69, 9.17) is 9.72 Å². The Balaban J connectivity index is 1.73. The highest BCUT2D eigenvalue weighted by Gasteiger charge is 2.39. The normalized spacial score (nSPS) is 20.3. The summed E-state index contributed by atoms with van der Waals surface area (Å²) in [5.74, 6) is 1.88. The Hall–Kier alpha value is -2.34. The number of nitrogens with one attached hydrogen (secondary N) is 2. The minimum absolute atomic E-state index is 0.0747. The molecule has 6 heteroatoms. The molecule has 1 aliphatic rings. The van der Waals surface area contributed by atoms with Gasteiger partial charge < -0.3 is 19.9 Å². The number of hydrogen-bond donors (Lipinski definition) is 2. The average Bonchev–Trinajstić information content (AvgIpc) is 3.22. The van der Waals surface area contributed by atoms with Crippen LogP contribution in [0.15, 0.2) is 24.3 Å². The largest absolute Gasteiger partial charge is 0.496 e. The number of imidazole rings is 1. The Morgan fingerprint density at radius 2 is 2.15 bits per heavy atom. The van der Waals surface area contributed by atoms with E-state index in [2.05, 4.69) is 29.2 Å². The number of nitrogens with zero attached hydrogens (tertiary/aromatic N) is 2. The highest BCUT2D eigenvalue weighted by atomic mass is 16.5. The molecule has 1 fully saturated rings. The summed E-state index contributed by atoms with van der Waals surface area (Å²) in [5, 5.41) is 3.09. The van der Waals surface area contributed by atoms with E-state index in [0.717, 1.165) is 48.0 Å². The number of likely N-dealkylation sites (N-methyl/N-ethyl adjacent to an activating group) is 1. The fourth-order valence-electron chi connectivity index (χ4n) is 3.77. The molecule has 2 atom stereocenters. The molecule has 1 saturated heterocycles. The van der Waals surface area contributed by atoms with Crippen molar-refractivity contribution in [1.82, 2.24) is 20.2 Å². The average molecular weight is 356 g/mol. The molecule has 0 saturated carbocycles.